The van der Waals surface area contributed by atoms with Crippen molar-refractivity contribution in [3.05, 3.63) is 154 Å². The number of ether oxygens (including phenoxy) is 10. The van der Waals surface area contributed by atoms with Crippen molar-refractivity contribution in [3.63, 3.8) is 0 Å². The number of benzene rings is 6. The quantitative estimate of drug-likeness (QED) is 0.0135. The summed E-state index contributed by atoms with van der Waals surface area (Å²) >= 11 is 3.76. The zero-order valence-electron chi connectivity index (χ0n) is 81.2. The van der Waals surface area contributed by atoms with Gasteiger partial charge >= 0.3 is 40.4 Å². The number of unbranched alkanes of at least 4 members (excludes halogenated alkanes) is 3. The van der Waals surface area contributed by atoms with Crippen molar-refractivity contribution in [1.29, 1.82) is 0 Å². The van der Waals surface area contributed by atoms with Crippen LogP contribution in [0.1, 0.15) is 228 Å². The molecule has 5 aliphatic rings. The smallest absolute Gasteiger partial charge is 0.494 e. The topological polar surface area (TPSA) is 309 Å². The van der Waals surface area contributed by atoms with Gasteiger partial charge in [0.2, 0.25) is 5.91 Å². The van der Waals surface area contributed by atoms with Crippen LogP contribution in [0.5, 0.6) is 11.5 Å². The molecule has 2 radical (unpaired) electrons. The minimum atomic E-state index is -1.17. The van der Waals surface area contributed by atoms with Gasteiger partial charge in [-0.25, -0.2) is 0 Å². The molecule has 1 amide bonds. The van der Waals surface area contributed by atoms with E-state index < -0.39 is 26.2 Å². The van der Waals surface area contributed by atoms with Gasteiger partial charge in [0.15, 0.2) is 0 Å². The molecule has 6 aromatic rings. The van der Waals surface area contributed by atoms with Crippen LogP contribution in [-0.2, 0) is 161 Å². The summed E-state index contributed by atoms with van der Waals surface area (Å²) in [6, 6.07) is 46.0. The Morgan fingerprint density at radius 1 is 0.409 bits per heavy atom. The summed E-state index contributed by atoms with van der Waals surface area (Å²) in [6.45, 7) is 37.2. The van der Waals surface area contributed by atoms with Crippen LogP contribution in [0.2, 0.25) is 13.6 Å². The van der Waals surface area contributed by atoms with Gasteiger partial charge in [0.05, 0.1) is 113 Å². The van der Waals surface area contributed by atoms with E-state index in [2.05, 4.69) is 162 Å². The molecule has 3 fully saturated rings. The number of methoxy groups -OCH3 is 4. The number of hydrogen-bond acceptors (Lipinski definition) is 22. The van der Waals surface area contributed by atoms with Gasteiger partial charge in [0.25, 0.3) is 0 Å². The number of rotatable bonds is 50. The van der Waals surface area contributed by atoms with E-state index in [4.69, 9.17) is 95.6 Å². The number of nitrogens with one attached hydrogen (secondary N) is 1. The number of ketones is 1. The molecule has 11 rings (SSSR count). The Morgan fingerprint density at radius 3 is 1.22 bits per heavy atom. The molecule has 0 aromatic heterocycles. The molecule has 132 heavy (non-hydrogen) atoms. The Morgan fingerprint density at radius 2 is 0.780 bits per heavy atom. The second-order valence-electron chi connectivity index (χ2n) is 36.3. The fourth-order valence-corrected chi connectivity index (χ4v) is 16.4. The van der Waals surface area contributed by atoms with Crippen LogP contribution < -0.4 is 25.7 Å². The molecule has 5 N–H and O–H groups in total. The van der Waals surface area contributed by atoms with E-state index in [1.54, 1.807) is 28.4 Å². The van der Waals surface area contributed by atoms with Gasteiger partial charge in [0, 0.05) is 156 Å². The third-order valence-electron chi connectivity index (χ3n) is 25.1. The minimum absolute atomic E-state index is 0. The number of carbonyl (C=O) groups excluding carboxylic acids is 2. The maximum Gasteiger partial charge on any atom is 0.494 e. The molecule has 0 saturated carbocycles. The molecule has 0 bridgehead atoms. The van der Waals surface area contributed by atoms with Crippen molar-refractivity contribution in [3.8, 4) is 44.9 Å². The van der Waals surface area contributed by atoms with E-state index >= 15 is 0 Å². The van der Waals surface area contributed by atoms with Crippen molar-refractivity contribution in [2.24, 2.45) is 0 Å². The maximum atomic E-state index is 11.8. The molecule has 724 valence electrons. The van der Waals surface area contributed by atoms with Crippen LogP contribution in [0.15, 0.2) is 126 Å². The van der Waals surface area contributed by atoms with Crippen molar-refractivity contribution < 1.29 is 180 Å². The first-order valence-electron chi connectivity index (χ1n) is 45.8. The molecule has 32 heteroatoms. The van der Waals surface area contributed by atoms with E-state index in [-0.39, 0.29) is 169 Å². The standard InChI is InChI=1S/C40H51O8.C31H44BBrO6.C20H30BNO6.C7H15BO2.CH5BO2.CH4.2Y/c1-44-26-28-46-23-8-21-40(22-9-24-47-29-27-45-2)37-12-6-5-11-35(37)36-19-15-32(30-38(36)40)31-13-17-34(18-14-31)48-25-7-3-4-10-33(41)16-20-39(42)43;1-29(2)30(3,4)39-32(38-29)23-9-11-25-26-12-10-24(33)22-28(26)31(27(25)21-23,13-7-15-36-19-17-34-5)14-8-16-37-20-18-35-6;1-19(2)20(3,4)28-21(27-19)15-7-9-16(10-8-15)26-14-6-5-13-22-17(23)11-12-18(24)25;1-6(2)7(3,4)10-8(5)9-6;1-2(3)4;;;/h5,11-15,17-19,30H,3-4,7-10,16,20-29H2,1-2H3,(H,42,43);9-12,21-22H,7-8,13-20H2,1-6H3;7-10H,5-6,11-14H2,1-4H3,(H,22,23)(H,24,25);1-5H3;3-4H,1H3;1H4;;/q-1;;;;;;;. The van der Waals surface area contributed by atoms with Crippen LogP contribution in [0.4, 0.5) is 0 Å². The Balaban J connectivity index is 0.000000390. The van der Waals surface area contributed by atoms with Crippen LogP contribution in [-0.4, -0.2) is 233 Å². The number of Topliss-reactive ketones (excluding diaryl/α,β-unsaturated/α-hetero) is 1. The molecular formula is C100H149B4BrNO24Y2-. The van der Waals surface area contributed by atoms with E-state index in [0.29, 0.717) is 105 Å². The van der Waals surface area contributed by atoms with Crippen LogP contribution in [0, 0.1) is 6.07 Å². The van der Waals surface area contributed by atoms with Crippen LogP contribution in [0.25, 0.3) is 33.4 Å². The van der Waals surface area contributed by atoms with Crippen LogP contribution in [0.3, 0.4) is 0 Å². The molecule has 0 spiro atoms. The number of amides is 1. The van der Waals surface area contributed by atoms with Crippen molar-refractivity contribution in [1.82, 2.24) is 5.32 Å². The molecule has 3 saturated heterocycles. The molecule has 0 atom stereocenters. The molecule has 3 heterocycles. The fourth-order valence-electron chi connectivity index (χ4n) is 16.1. The van der Waals surface area contributed by atoms with Crippen LogP contribution >= 0.6 is 15.9 Å². The van der Waals surface area contributed by atoms with Gasteiger partial charge < -0.3 is 101 Å². The Bertz CT molecular complexity index is 4310. The SMILES string of the molecule is C.CB(O)O.CB1OC(C)(C)C(C)(C)O1.CC1(C)OB(c2ccc(OCCCCNC(=O)CCC(=O)O)cc2)OC1(C)C.COCCOCCCC1(CCCOCCOC)c2c[c-]ccc2-c2ccc(-c3ccc(OCCCCCC(=O)CCC(=O)O)cc3)cc21.COCCOCCCC1(CCCOCCOC)c2cc(Br)ccc2-c2ccc(B3OC(C)(C)C(C)(C)O3)cc21.[Y].[Y]. The average molecular weight is 2050 g/mol. The molecule has 0 unspecified atom stereocenters. The first-order chi connectivity index (χ1) is 61.3. The van der Waals surface area contributed by atoms with Gasteiger partial charge in [-0.1, -0.05) is 90.1 Å². The predicted molar refractivity (Wildman–Crippen MR) is 518 cm³/mol. The van der Waals surface area contributed by atoms with Crippen molar-refractivity contribution >= 4 is 79.0 Å². The zero-order chi connectivity index (χ0) is 94.5. The number of aliphatic carboxylic acids is 2. The van der Waals surface area contributed by atoms with Crippen molar-refractivity contribution in [2.45, 2.75) is 264 Å². The third-order valence-corrected chi connectivity index (χ3v) is 25.5. The monoisotopic (exact) mass is 2050 g/mol. The summed E-state index contributed by atoms with van der Waals surface area (Å²) in [5.74, 6) is -0.529. The number of carboxylic acids is 2. The number of carbonyl (C=O) groups is 4. The summed E-state index contributed by atoms with van der Waals surface area (Å²) in [5, 5.41) is 35.2. The predicted octanol–water partition coefficient (Wildman–Crippen LogP) is 17.1. The number of hydrogen-bond donors (Lipinski definition) is 5. The summed E-state index contributed by atoms with van der Waals surface area (Å²) < 4.78 is 93.0. The molecule has 3 aliphatic heterocycles. The third kappa shape index (κ3) is 36.5. The van der Waals surface area contributed by atoms with Gasteiger partial charge in [0.1, 0.15) is 17.3 Å². The van der Waals surface area contributed by atoms with E-state index in [9.17, 15) is 19.2 Å². The maximum absolute atomic E-state index is 11.8. The Hall–Kier alpha value is -4.69. The normalized spacial score (nSPS) is 16.2. The van der Waals surface area contributed by atoms with Gasteiger partial charge in [-0.15, -0.1) is 11.1 Å². The first-order valence-corrected chi connectivity index (χ1v) is 46.6. The summed E-state index contributed by atoms with van der Waals surface area (Å²) in [4.78, 5) is 44.2. The number of halogens is 1. The minimum Gasteiger partial charge on any atom is -0.494 e. The zero-order valence-corrected chi connectivity index (χ0v) is 88.4. The van der Waals surface area contributed by atoms with E-state index in [1.165, 1.54) is 56.9 Å². The number of carboxylic acid groups (broad SMARTS) is 2. The van der Waals surface area contributed by atoms with Gasteiger partial charge in [-0.3, -0.25) is 19.2 Å². The summed E-state index contributed by atoms with van der Waals surface area (Å²) in [7, 11) is 4.78. The molecule has 6 aromatic carbocycles. The van der Waals surface area contributed by atoms with E-state index in [1.807, 2.05) is 77.0 Å². The molecule has 25 nitrogen and oxygen atoms in total. The summed E-state index contributed by atoms with van der Waals surface area (Å²) in [6.07, 6.45) is 12.0. The van der Waals surface area contributed by atoms with E-state index in [0.717, 1.165) is 116 Å². The molecular weight excluding hydrogens is 1900 g/mol. The largest absolute Gasteiger partial charge is 0.494 e. The van der Waals surface area contributed by atoms with Gasteiger partial charge in [-0.05, 0) is 277 Å². The Kier molecular flexibility index (Phi) is 53.5. The average Bonchev–Trinajstić information content (AvgIpc) is 1.57. The fraction of sp³-hybridized carbons (Fsp3) is 0.600. The second kappa shape index (κ2) is 59.0. The molecule has 2 aliphatic carbocycles. The first kappa shape index (κ1) is 120. The summed E-state index contributed by atoms with van der Waals surface area (Å²) in [5.41, 5.74) is 12.7. The second-order valence-corrected chi connectivity index (χ2v) is 37.3. The van der Waals surface area contributed by atoms with Gasteiger partial charge in [-0.2, -0.15) is 24.3 Å². The van der Waals surface area contributed by atoms with Crippen molar-refractivity contribution in [2.75, 3.05) is 127 Å². The number of fused-ring (bicyclic) bond motifs is 6. The Labute approximate surface area is 847 Å².